The van der Waals surface area contributed by atoms with Crippen molar-refractivity contribution in [3.63, 3.8) is 0 Å². The van der Waals surface area contributed by atoms with E-state index in [4.69, 9.17) is 11.5 Å². The lowest BCUT2D eigenvalue weighted by Gasteiger charge is -2.20. The molecule has 0 aliphatic carbocycles. The van der Waals surface area contributed by atoms with Crippen LogP contribution in [-0.4, -0.2) is 6.18 Å². The average molecular weight is 258 g/mol. The van der Waals surface area contributed by atoms with Gasteiger partial charge in [0.15, 0.2) is 0 Å². The van der Waals surface area contributed by atoms with Crippen LogP contribution < -0.4 is 11.5 Å². The molecule has 0 spiro atoms. The van der Waals surface area contributed by atoms with Gasteiger partial charge in [0.1, 0.15) is 6.04 Å². The van der Waals surface area contributed by atoms with Crippen molar-refractivity contribution in [1.29, 1.82) is 0 Å². The lowest BCUT2D eigenvalue weighted by Crippen LogP contribution is -2.29. The minimum Gasteiger partial charge on any atom is -0.398 e. The summed E-state index contributed by atoms with van der Waals surface area (Å²) in [4.78, 5) is 0. The summed E-state index contributed by atoms with van der Waals surface area (Å²) in [5.74, 6) is 0. The Bertz CT molecular complexity index is 409. The second kappa shape index (κ2) is 4.10. The van der Waals surface area contributed by atoms with Gasteiger partial charge in [0.05, 0.1) is 5.56 Å². The maximum absolute atomic E-state index is 12.4. The Kier molecular flexibility index (Phi) is 3.28. The molecule has 0 aliphatic heterocycles. The van der Waals surface area contributed by atoms with Crippen molar-refractivity contribution in [2.75, 3.05) is 5.73 Å². The maximum atomic E-state index is 12.4. The van der Waals surface area contributed by atoms with Crippen LogP contribution in [0, 0.1) is 0 Å². The molecule has 2 nitrogen and oxygen atoms in total. The van der Waals surface area contributed by atoms with Crippen LogP contribution in [0.25, 0.3) is 0 Å². The molecule has 0 aromatic heterocycles. The molecule has 8 heteroatoms. The van der Waals surface area contributed by atoms with Crippen molar-refractivity contribution in [2.24, 2.45) is 5.73 Å². The third kappa shape index (κ3) is 2.82. The van der Waals surface area contributed by atoms with E-state index in [2.05, 4.69) is 0 Å². The molecule has 0 aliphatic rings. The number of para-hydroxylation sites is 1. The molecule has 0 unspecified atom stereocenters. The number of nitrogens with two attached hydrogens (primary N) is 2. The Balaban J connectivity index is 3.30. The molecular formula is C9H8F6N2. The van der Waals surface area contributed by atoms with E-state index in [1.807, 2.05) is 0 Å². The first-order valence-corrected chi connectivity index (χ1v) is 4.33. The summed E-state index contributed by atoms with van der Waals surface area (Å²) in [6, 6.07) is -0.282. The molecular weight excluding hydrogens is 250 g/mol. The van der Waals surface area contributed by atoms with Crippen LogP contribution in [0.3, 0.4) is 0 Å². The Morgan fingerprint density at radius 3 is 1.94 bits per heavy atom. The first-order chi connectivity index (χ1) is 7.55. The van der Waals surface area contributed by atoms with Crippen molar-refractivity contribution in [2.45, 2.75) is 18.4 Å². The van der Waals surface area contributed by atoms with Gasteiger partial charge in [0.2, 0.25) is 0 Å². The molecule has 1 aromatic carbocycles. The Morgan fingerprint density at radius 2 is 1.53 bits per heavy atom. The van der Waals surface area contributed by atoms with Gasteiger partial charge in [-0.25, -0.2) is 0 Å². The van der Waals surface area contributed by atoms with Crippen molar-refractivity contribution >= 4 is 5.69 Å². The van der Waals surface area contributed by atoms with E-state index < -0.39 is 35.2 Å². The van der Waals surface area contributed by atoms with E-state index in [0.717, 1.165) is 12.1 Å². The number of rotatable bonds is 1. The molecule has 0 amide bonds. The van der Waals surface area contributed by atoms with Gasteiger partial charge in [-0.05, 0) is 6.07 Å². The topological polar surface area (TPSA) is 52.0 Å². The van der Waals surface area contributed by atoms with Crippen LogP contribution in [0.5, 0.6) is 0 Å². The van der Waals surface area contributed by atoms with Crippen LogP contribution in [0.15, 0.2) is 18.2 Å². The predicted octanol–water partition coefficient (Wildman–Crippen LogP) is 2.85. The zero-order valence-corrected chi connectivity index (χ0v) is 8.23. The van der Waals surface area contributed by atoms with Gasteiger partial charge >= 0.3 is 12.4 Å². The fourth-order valence-corrected chi connectivity index (χ4v) is 1.28. The monoisotopic (exact) mass is 258 g/mol. The minimum atomic E-state index is -4.85. The second-order valence-corrected chi connectivity index (χ2v) is 3.33. The van der Waals surface area contributed by atoms with E-state index in [1.54, 1.807) is 0 Å². The molecule has 0 saturated carbocycles. The number of hydrogen-bond donors (Lipinski definition) is 2. The molecule has 0 radical (unpaired) electrons. The van der Waals surface area contributed by atoms with Crippen molar-refractivity contribution in [3.8, 4) is 0 Å². The van der Waals surface area contributed by atoms with Crippen LogP contribution >= 0.6 is 0 Å². The van der Waals surface area contributed by atoms with Crippen LogP contribution in [0.1, 0.15) is 17.2 Å². The quantitative estimate of drug-likeness (QED) is 0.601. The highest BCUT2D eigenvalue weighted by molar-refractivity contribution is 5.56. The number of nitrogen functional groups attached to an aromatic ring is 1. The Morgan fingerprint density at radius 1 is 1.00 bits per heavy atom. The highest BCUT2D eigenvalue weighted by Gasteiger charge is 2.41. The predicted molar refractivity (Wildman–Crippen MR) is 48.8 cm³/mol. The summed E-state index contributed by atoms with van der Waals surface area (Å²) in [5, 5.41) is 0. The summed E-state index contributed by atoms with van der Waals surface area (Å²) < 4.78 is 74.0. The van der Waals surface area contributed by atoms with Gasteiger partial charge < -0.3 is 11.5 Å². The highest BCUT2D eigenvalue weighted by atomic mass is 19.4. The summed E-state index contributed by atoms with van der Waals surface area (Å²) in [5.41, 5.74) is 6.77. The molecule has 4 N–H and O–H groups in total. The highest BCUT2D eigenvalue weighted by Crippen LogP contribution is 2.39. The van der Waals surface area contributed by atoms with Crippen LogP contribution in [-0.2, 0) is 6.18 Å². The maximum Gasteiger partial charge on any atom is 0.418 e. The molecule has 1 atom stereocenters. The summed E-state index contributed by atoms with van der Waals surface area (Å²) in [6.45, 7) is 0. The summed E-state index contributed by atoms with van der Waals surface area (Å²) >= 11 is 0. The van der Waals surface area contributed by atoms with Crippen molar-refractivity contribution in [3.05, 3.63) is 29.3 Å². The van der Waals surface area contributed by atoms with Crippen molar-refractivity contribution < 1.29 is 26.3 Å². The normalized spacial score (nSPS) is 14.8. The third-order valence-electron chi connectivity index (χ3n) is 2.13. The lowest BCUT2D eigenvalue weighted by molar-refractivity contribution is -0.150. The van der Waals surface area contributed by atoms with E-state index in [9.17, 15) is 26.3 Å². The average Bonchev–Trinajstić information content (AvgIpc) is 2.13. The fraction of sp³-hybridized carbons (Fsp3) is 0.333. The molecule has 1 aromatic rings. The van der Waals surface area contributed by atoms with Gasteiger partial charge in [0.25, 0.3) is 0 Å². The van der Waals surface area contributed by atoms with Gasteiger partial charge in [-0.1, -0.05) is 12.1 Å². The second-order valence-electron chi connectivity index (χ2n) is 3.33. The smallest absolute Gasteiger partial charge is 0.398 e. The first-order valence-electron chi connectivity index (χ1n) is 4.33. The molecule has 1 rings (SSSR count). The fourth-order valence-electron chi connectivity index (χ4n) is 1.28. The van der Waals surface area contributed by atoms with E-state index in [-0.39, 0.29) is 0 Å². The van der Waals surface area contributed by atoms with Crippen LogP contribution in [0.2, 0.25) is 0 Å². The third-order valence-corrected chi connectivity index (χ3v) is 2.13. The summed E-state index contributed by atoms with van der Waals surface area (Å²) in [7, 11) is 0. The standard InChI is InChI=1S/C9H8F6N2/c10-8(11,12)5-3-1-2-4(6(5)16)7(17)9(13,14)15/h1-3,7H,16-17H2/t7-/m1/s1. The van der Waals surface area contributed by atoms with Crippen molar-refractivity contribution in [1.82, 2.24) is 0 Å². The van der Waals surface area contributed by atoms with E-state index in [0.29, 0.717) is 6.07 Å². The molecule has 0 saturated heterocycles. The number of anilines is 1. The van der Waals surface area contributed by atoms with Gasteiger partial charge in [0, 0.05) is 11.3 Å². The molecule has 17 heavy (non-hydrogen) atoms. The molecule has 0 bridgehead atoms. The first kappa shape index (κ1) is 13.6. The van der Waals surface area contributed by atoms with E-state index in [1.165, 1.54) is 0 Å². The van der Waals surface area contributed by atoms with Crippen LogP contribution in [0.4, 0.5) is 32.0 Å². The molecule has 0 fully saturated rings. The number of alkyl halides is 6. The van der Waals surface area contributed by atoms with Gasteiger partial charge in [-0.2, -0.15) is 26.3 Å². The number of hydrogen-bond acceptors (Lipinski definition) is 2. The minimum absolute atomic E-state index is 0.599. The summed E-state index contributed by atoms with van der Waals surface area (Å²) in [6.07, 6.45) is -9.66. The van der Waals surface area contributed by atoms with E-state index >= 15 is 0 Å². The SMILES string of the molecule is Nc1c([C@@H](N)C(F)(F)F)cccc1C(F)(F)F. The molecule has 0 heterocycles. The zero-order chi connectivity index (χ0) is 13.4. The largest absolute Gasteiger partial charge is 0.418 e. The Labute approximate surface area is 92.2 Å². The number of halogens is 6. The molecule has 96 valence electrons. The lowest BCUT2D eigenvalue weighted by atomic mass is 10.0. The Hall–Kier alpha value is -1.44. The number of benzene rings is 1. The zero-order valence-electron chi connectivity index (χ0n) is 8.23. The van der Waals surface area contributed by atoms with Gasteiger partial charge in [-0.15, -0.1) is 0 Å². The van der Waals surface area contributed by atoms with Gasteiger partial charge in [-0.3, -0.25) is 0 Å².